The normalized spacial score (nSPS) is 10.1. The molecule has 3 N–H and O–H groups in total. The van der Waals surface area contributed by atoms with Crippen LogP contribution in [0, 0.1) is 0 Å². The van der Waals surface area contributed by atoms with Crippen molar-refractivity contribution < 1.29 is 4.79 Å². The van der Waals surface area contributed by atoms with E-state index in [0.717, 1.165) is 5.69 Å². The predicted molar refractivity (Wildman–Crippen MR) is 60.1 cm³/mol. The number of hydrogen-bond acceptors (Lipinski definition) is 3. The Morgan fingerprint density at radius 3 is 3.00 bits per heavy atom. The summed E-state index contributed by atoms with van der Waals surface area (Å²) in [7, 11) is 0. The Morgan fingerprint density at radius 1 is 1.44 bits per heavy atom. The van der Waals surface area contributed by atoms with Crippen molar-refractivity contribution in [3.8, 4) is 5.69 Å². The van der Waals surface area contributed by atoms with E-state index in [4.69, 9.17) is 5.73 Å². The number of nitrogens with one attached hydrogen (secondary N) is 1. The number of carbonyl (C=O) groups excluding carboxylic acids is 1. The fraction of sp³-hybridized carbons (Fsp3) is 0.0909. The second-order valence-electron chi connectivity index (χ2n) is 3.21. The number of hydrogen-bond donors (Lipinski definition) is 2. The van der Waals surface area contributed by atoms with Crippen LogP contribution >= 0.6 is 0 Å². The van der Waals surface area contributed by atoms with Crippen molar-refractivity contribution >= 4 is 5.91 Å². The molecule has 0 bridgehead atoms. The van der Waals surface area contributed by atoms with E-state index in [-0.39, 0.29) is 12.6 Å². The van der Waals surface area contributed by atoms with Crippen molar-refractivity contribution in [2.45, 2.75) is 0 Å². The van der Waals surface area contributed by atoms with Gasteiger partial charge in [0.2, 0.25) is 0 Å². The zero-order valence-corrected chi connectivity index (χ0v) is 8.63. The number of carbonyl (C=O) groups is 1. The van der Waals surface area contributed by atoms with Gasteiger partial charge in [0.15, 0.2) is 0 Å². The molecule has 16 heavy (non-hydrogen) atoms. The number of rotatable bonds is 3. The number of nitrogens with two attached hydrogens (primary N) is 1. The minimum Gasteiger partial charge on any atom is -0.340 e. The van der Waals surface area contributed by atoms with E-state index in [1.54, 1.807) is 23.0 Å². The standard InChI is InChI=1S/C11H12N4O/c12-8-13-11(16)9-3-1-4-10(7-9)15-6-2-5-14-15/h1-7H,8,12H2,(H,13,16). The van der Waals surface area contributed by atoms with Gasteiger partial charge in [-0.15, -0.1) is 0 Å². The molecule has 1 aromatic heterocycles. The number of aromatic nitrogens is 2. The topological polar surface area (TPSA) is 72.9 Å². The van der Waals surface area contributed by atoms with Crippen molar-refractivity contribution in [3.63, 3.8) is 0 Å². The summed E-state index contributed by atoms with van der Waals surface area (Å²) in [6, 6.07) is 9.01. The van der Waals surface area contributed by atoms with Gasteiger partial charge in [0.05, 0.1) is 12.4 Å². The van der Waals surface area contributed by atoms with Gasteiger partial charge in [-0.25, -0.2) is 4.68 Å². The van der Waals surface area contributed by atoms with Crippen LogP contribution in [0.1, 0.15) is 10.4 Å². The molecule has 0 saturated carbocycles. The smallest absolute Gasteiger partial charge is 0.252 e. The summed E-state index contributed by atoms with van der Waals surface area (Å²) in [5.41, 5.74) is 6.66. The van der Waals surface area contributed by atoms with E-state index in [1.807, 2.05) is 24.4 Å². The van der Waals surface area contributed by atoms with Gasteiger partial charge in [-0.3, -0.25) is 4.79 Å². The fourth-order valence-electron chi connectivity index (χ4n) is 1.41. The van der Waals surface area contributed by atoms with Crippen LogP contribution < -0.4 is 11.1 Å². The average molecular weight is 216 g/mol. The van der Waals surface area contributed by atoms with Crippen molar-refractivity contribution in [2.24, 2.45) is 5.73 Å². The van der Waals surface area contributed by atoms with Gasteiger partial charge in [0, 0.05) is 18.0 Å². The highest BCUT2D eigenvalue weighted by Crippen LogP contribution is 2.09. The van der Waals surface area contributed by atoms with Crippen LogP contribution in [0.15, 0.2) is 42.7 Å². The quantitative estimate of drug-likeness (QED) is 0.734. The Morgan fingerprint density at radius 2 is 2.31 bits per heavy atom. The summed E-state index contributed by atoms with van der Waals surface area (Å²) in [5.74, 6) is -0.184. The third-order valence-corrected chi connectivity index (χ3v) is 2.14. The van der Waals surface area contributed by atoms with E-state index in [0.29, 0.717) is 5.56 Å². The molecular weight excluding hydrogens is 204 g/mol. The van der Waals surface area contributed by atoms with E-state index < -0.39 is 0 Å². The van der Waals surface area contributed by atoms with Gasteiger partial charge in [-0.1, -0.05) is 6.07 Å². The predicted octanol–water partition coefficient (Wildman–Crippen LogP) is 0.518. The third-order valence-electron chi connectivity index (χ3n) is 2.14. The Bertz CT molecular complexity index is 478. The molecule has 82 valence electrons. The lowest BCUT2D eigenvalue weighted by atomic mass is 10.2. The lowest BCUT2D eigenvalue weighted by Gasteiger charge is -2.05. The SMILES string of the molecule is NCNC(=O)c1cccc(-n2cccn2)c1. The molecule has 0 atom stereocenters. The van der Waals surface area contributed by atoms with Gasteiger partial charge >= 0.3 is 0 Å². The lowest BCUT2D eigenvalue weighted by molar-refractivity contribution is 0.0955. The third kappa shape index (κ3) is 2.09. The molecule has 2 aromatic rings. The lowest BCUT2D eigenvalue weighted by Crippen LogP contribution is -2.29. The highest BCUT2D eigenvalue weighted by atomic mass is 16.1. The zero-order chi connectivity index (χ0) is 11.4. The van der Waals surface area contributed by atoms with Gasteiger partial charge in [0.1, 0.15) is 0 Å². The average Bonchev–Trinajstić information content (AvgIpc) is 2.83. The maximum atomic E-state index is 11.5. The molecule has 1 aromatic carbocycles. The van der Waals surface area contributed by atoms with Crippen LogP contribution in [0.25, 0.3) is 5.69 Å². The minimum absolute atomic E-state index is 0.130. The zero-order valence-electron chi connectivity index (χ0n) is 8.63. The molecule has 0 fully saturated rings. The molecular formula is C11H12N4O. The molecule has 0 aliphatic heterocycles. The molecule has 0 saturated heterocycles. The number of nitrogens with zero attached hydrogens (tertiary/aromatic N) is 2. The summed E-state index contributed by atoms with van der Waals surface area (Å²) in [4.78, 5) is 11.5. The van der Waals surface area contributed by atoms with E-state index >= 15 is 0 Å². The number of amides is 1. The second-order valence-corrected chi connectivity index (χ2v) is 3.21. The van der Waals surface area contributed by atoms with Crippen molar-refractivity contribution in [1.29, 1.82) is 0 Å². The Kier molecular flexibility index (Phi) is 2.98. The highest BCUT2D eigenvalue weighted by Gasteiger charge is 2.05. The van der Waals surface area contributed by atoms with Crippen LogP contribution in [-0.2, 0) is 0 Å². The second kappa shape index (κ2) is 4.59. The molecule has 1 amide bonds. The Labute approximate surface area is 92.9 Å². The van der Waals surface area contributed by atoms with Crippen LogP contribution in [-0.4, -0.2) is 22.4 Å². The highest BCUT2D eigenvalue weighted by molar-refractivity contribution is 5.94. The van der Waals surface area contributed by atoms with E-state index in [2.05, 4.69) is 10.4 Å². The fourth-order valence-corrected chi connectivity index (χ4v) is 1.41. The summed E-state index contributed by atoms with van der Waals surface area (Å²) in [5, 5.41) is 6.64. The first-order valence-corrected chi connectivity index (χ1v) is 4.89. The summed E-state index contributed by atoms with van der Waals surface area (Å²) in [6.45, 7) is 0.130. The summed E-state index contributed by atoms with van der Waals surface area (Å²) < 4.78 is 1.69. The van der Waals surface area contributed by atoms with Gasteiger partial charge in [-0.05, 0) is 24.3 Å². The molecule has 0 radical (unpaired) electrons. The van der Waals surface area contributed by atoms with Crippen LogP contribution in [0.4, 0.5) is 0 Å². The van der Waals surface area contributed by atoms with Crippen LogP contribution in [0.3, 0.4) is 0 Å². The van der Waals surface area contributed by atoms with Crippen molar-refractivity contribution in [1.82, 2.24) is 15.1 Å². The first-order chi connectivity index (χ1) is 7.81. The van der Waals surface area contributed by atoms with Gasteiger partial charge in [-0.2, -0.15) is 5.10 Å². The molecule has 0 unspecified atom stereocenters. The maximum absolute atomic E-state index is 11.5. The largest absolute Gasteiger partial charge is 0.340 e. The summed E-state index contributed by atoms with van der Waals surface area (Å²) >= 11 is 0. The van der Waals surface area contributed by atoms with Crippen molar-refractivity contribution in [2.75, 3.05) is 6.67 Å². The molecule has 0 aliphatic carbocycles. The van der Waals surface area contributed by atoms with E-state index in [1.165, 1.54) is 0 Å². The Balaban J connectivity index is 2.30. The molecule has 0 spiro atoms. The maximum Gasteiger partial charge on any atom is 0.252 e. The molecule has 0 aliphatic rings. The van der Waals surface area contributed by atoms with Crippen LogP contribution in [0.2, 0.25) is 0 Å². The number of benzene rings is 1. The first kappa shape index (κ1) is 10.4. The van der Waals surface area contributed by atoms with E-state index in [9.17, 15) is 4.79 Å². The minimum atomic E-state index is -0.184. The molecule has 5 heteroatoms. The van der Waals surface area contributed by atoms with Gasteiger partial charge < -0.3 is 11.1 Å². The van der Waals surface area contributed by atoms with Crippen LogP contribution in [0.5, 0.6) is 0 Å². The Hall–Kier alpha value is -2.14. The molecule has 5 nitrogen and oxygen atoms in total. The molecule has 2 rings (SSSR count). The molecule has 1 heterocycles. The first-order valence-electron chi connectivity index (χ1n) is 4.89. The van der Waals surface area contributed by atoms with Crippen molar-refractivity contribution in [3.05, 3.63) is 48.3 Å². The summed E-state index contributed by atoms with van der Waals surface area (Å²) in [6.07, 6.45) is 3.51. The monoisotopic (exact) mass is 216 g/mol. The van der Waals surface area contributed by atoms with Gasteiger partial charge in [0.25, 0.3) is 5.91 Å².